The topological polar surface area (TPSA) is 63.3 Å². The Bertz CT molecular complexity index is 130. The Morgan fingerprint density at radius 2 is 2.00 bits per heavy atom. The largest absolute Gasteiger partial charge is 0.383 e. The highest BCUT2D eigenvalue weighted by Crippen LogP contribution is 2.27. The molecule has 0 heterocycles. The molecule has 1 rings (SSSR count). The molecule has 3 nitrogen and oxygen atoms in total. The standard InChI is InChI=1S/C7H13NO2/c8-7(10)6(9)5-3-1-2-4-5/h5-6,9H,1-4H2,(H2,8,10). The van der Waals surface area contributed by atoms with Gasteiger partial charge in [0.2, 0.25) is 5.91 Å². The molecule has 0 aromatic heterocycles. The Labute approximate surface area is 60.2 Å². The van der Waals surface area contributed by atoms with Gasteiger partial charge < -0.3 is 10.8 Å². The molecule has 1 unspecified atom stereocenters. The van der Waals surface area contributed by atoms with E-state index in [1.807, 2.05) is 0 Å². The summed E-state index contributed by atoms with van der Waals surface area (Å²) in [5.74, 6) is -0.440. The Balaban J connectivity index is 2.39. The van der Waals surface area contributed by atoms with Crippen molar-refractivity contribution in [1.82, 2.24) is 0 Å². The fourth-order valence-electron chi connectivity index (χ4n) is 1.51. The molecular weight excluding hydrogens is 130 g/mol. The molecule has 1 aliphatic rings. The van der Waals surface area contributed by atoms with Gasteiger partial charge >= 0.3 is 0 Å². The van der Waals surface area contributed by atoms with Gasteiger partial charge in [-0.05, 0) is 18.8 Å². The van der Waals surface area contributed by atoms with Gasteiger partial charge in [0.05, 0.1) is 0 Å². The number of carbonyl (C=O) groups excluding carboxylic acids is 1. The van der Waals surface area contributed by atoms with Crippen LogP contribution in [-0.2, 0) is 4.79 Å². The number of aliphatic hydroxyl groups excluding tert-OH is 1. The highest BCUT2D eigenvalue weighted by Gasteiger charge is 2.26. The number of primary amides is 1. The number of hydrogen-bond donors (Lipinski definition) is 2. The molecule has 1 aliphatic carbocycles. The van der Waals surface area contributed by atoms with Crippen molar-refractivity contribution in [3.63, 3.8) is 0 Å². The third-order valence-corrected chi connectivity index (χ3v) is 2.14. The summed E-state index contributed by atoms with van der Waals surface area (Å²) in [5, 5.41) is 9.15. The lowest BCUT2D eigenvalue weighted by molar-refractivity contribution is -0.128. The van der Waals surface area contributed by atoms with Gasteiger partial charge in [-0.15, -0.1) is 0 Å². The number of hydrogen-bond acceptors (Lipinski definition) is 2. The van der Waals surface area contributed by atoms with Gasteiger partial charge in [0, 0.05) is 0 Å². The Kier molecular flexibility index (Phi) is 2.27. The van der Waals surface area contributed by atoms with Crippen molar-refractivity contribution in [2.45, 2.75) is 31.8 Å². The van der Waals surface area contributed by atoms with Crippen LogP contribution in [0.25, 0.3) is 0 Å². The van der Waals surface area contributed by atoms with Crippen LogP contribution in [0.15, 0.2) is 0 Å². The molecule has 0 aromatic carbocycles. The molecule has 0 radical (unpaired) electrons. The summed E-state index contributed by atoms with van der Waals surface area (Å²) in [7, 11) is 0. The molecule has 0 saturated heterocycles. The summed E-state index contributed by atoms with van der Waals surface area (Å²) in [6.45, 7) is 0. The fourth-order valence-corrected chi connectivity index (χ4v) is 1.51. The maximum absolute atomic E-state index is 10.5. The predicted molar refractivity (Wildman–Crippen MR) is 37.2 cm³/mol. The van der Waals surface area contributed by atoms with Crippen molar-refractivity contribution in [3.05, 3.63) is 0 Å². The van der Waals surface area contributed by atoms with E-state index in [9.17, 15) is 4.79 Å². The average molecular weight is 143 g/mol. The second-order valence-corrected chi connectivity index (χ2v) is 2.89. The zero-order valence-corrected chi connectivity index (χ0v) is 5.92. The van der Waals surface area contributed by atoms with Crippen LogP contribution in [0.4, 0.5) is 0 Å². The zero-order valence-electron chi connectivity index (χ0n) is 5.92. The van der Waals surface area contributed by atoms with E-state index in [2.05, 4.69) is 0 Å². The van der Waals surface area contributed by atoms with E-state index in [0.717, 1.165) is 25.7 Å². The number of carbonyl (C=O) groups is 1. The second kappa shape index (κ2) is 3.01. The molecule has 0 spiro atoms. The first-order chi connectivity index (χ1) is 4.72. The third kappa shape index (κ3) is 1.48. The average Bonchev–Trinajstić information content (AvgIpc) is 2.36. The second-order valence-electron chi connectivity index (χ2n) is 2.89. The van der Waals surface area contributed by atoms with Crippen molar-refractivity contribution in [3.8, 4) is 0 Å². The van der Waals surface area contributed by atoms with Crippen LogP contribution >= 0.6 is 0 Å². The van der Waals surface area contributed by atoms with E-state index in [1.165, 1.54) is 0 Å². The lowest BCUT2D eigenvalue weighted by Crippen LogP contribution is -2.33. The quantitative estimate of drug-likeness (QED) is 0.572. The Morgan fingerprint density at radius 3 is 2.40 bits per heavy atom. The van der Waals surface area contributed by atoms with Gasteiger partial charge in [-0.25, -0.2) is 0 Å². The lowest BCUT2D eigenvalue weighted by Gasteiger charge is -2.12. The monoisotopic (exact) mass is 143 g/mol. The molecule has 0 aromatic rings. The SMILES string of the molecule is NC(=O)C(O)C1CCCC1. The molecule has 1 fully saturated rings. The predicted octanol–water partition coefficient (Wildman–Crippen LogP) is 0.0228. The lowest BCUT2D eigenvalue weighted by atomic mass is 10.0. The van der Waals surface area contributed by atoms with E-state index >= 15 is 0 Å². The molecule has 3 heteroatoms. The van der Waals surface area contributed by atoms with Crippen LogP contribution in [0.3, 0.4) is 0 Å². The smallest absolute Gasteiger partial charge is 0.246 e. The van der Waals surface area contributed by atoms with Gasteiger partial charge in [0.15, 0.2) is 0 Å². The van der Waals surface area contributed by atoms with Gasteiger partial charge in [-0.3, -0.25) is 4.79 Å². The minimum Gasteiger partial charge on any atom is -0.383 e. The molecule has 3 N–H and O–H groups in total. The first-order valence-electron chi connectivity index (χ1n) is 3.69. The summed E-state index contributed by atoms with van der Waals surface area (Å²) in [5.41, 5.74) is 4.93. The summed E-state index contributed by atoms with van der Waals surface area (Å²) >= 11 is 0. The van der Waals surface area contributed by atoms with Crippen molar-refractivity contribution < 1.29 is 9.90 Å². The number of aliphatic hydroxyl groups is 1. The summed E-state index contributed by atoms with van der Waals surface area (Å²) < 4.78 is 0. The summed E-state index contributed by atoms with van der Waals surface area (Å²) in [6, 6.07) is 0. The normalized spacial score (nSPS) is 22.9. The molecule has 58 valence electrons. The van der Waals surface area contributed by atoms with Gasteiger partial charge in [-0.1, -0.05) is 12.8 Å². The number of amides is 1. The zero-order chi connectivity index (χ0) is 7.56. The summed E-state index contributed by atoms with van der Waals surface area (Å²) in [6.07, 6.45) is 3.24. The third-order valence-electron chi connectivity index (χ3n) is 2.14. The van der Waals surface area contributed by atoms with Crippen LogP contribution in [0.5, 0.6) is 0 Å². The van der Waals surface area contributed by atoms with E-state index < -0.39 is 12.0 Å². The molecule has 10 heavy (non-hydrogen) atoms. The fraction of sp³-hybridized carbons (Fsp3) is 0.857. The Morgan fingerprint density at radius 1 is 1.50 bits per heavy atom. The minimum atomic E-state index is -0.900. The molecule has 1 amide bonds. The van der Waals surface area contributed by atoms with Crippen LogP contribution in [0.2, 0.25) is 0 Å². The van der Waals surface area contributed by atoms with Crippen molar-refractivity contribution in [2.24, 2.45) is 11.7 Å². The first-order valence-corrected chi connectivity index (χ1v) is 3.69. The molecule has 0 aliphatic heterocycles. The summed E-state index contributed by atoms with van der Waals surface area (Å²) in [4.78, 5) is 10.5. The van der Waals surface area contributed by atoms with Gasteiger partial charge in [0.25, 0.3) is 0 Å². The number of rotatable bonds is 2. The van der Waals surface area contributed by atoms with Crippen LogP contribution in [0, 0.1) is 5.92 Å². The number of nitrogens with two attached hydrogens (primary N) is 1. The highest BCUT2D eigenvalue weighted by atomic mass is 16.3. The van der Waals surface area contributed by atoms with Gasteiger partial charge in [0.1, 0.15) is 6.10 Å². The van der Waals surface area contributed by atoms with Crippen LogP contribution < -0.4 is 5.73 Å². The maximum Gasteiger partial charge on any atom is 0.246 e. The maximum atomic E-state index is 10.5. The van der Waals surface area contributed by atoms with E-state index in [0.29, 0.717) is 0 Å². The molecule has 0 bridgehead atoms. The minimum absolute atomic E-state index is 0.137. The first kappa shape index (κ1) is 7.54. The molecule has 1 saturated carbocycles. The Hall–Kier alpha value is -0.570. The van der Waals surface area contributed by atoms with Crippen molar-refractivity contribution in [1.29, 1.82) is 0 Å². The molecule has 1 atom stereocenters. The molecular formula is C7H13NO2. The van der Waals surface area contributed by atoms with E-state index in [4.69, 9.17) is 10.8 Å². The van der Waals surface area contributed by atoms with Gasteiger partial charge in [-0.2, -0.15) is 0 Å². The van der Waals surface area contributed by atoms with Crippen LogP contribution in [-0.4, -0.2) is 17.1 Å². The van der Waals surface area contributed by atoms with E-state index in [-0.39, 0.29) is 5.92 Å². The highest BCUT2D eigenvalue weighted by molar-refractivity contribution is 5.78. The van der Waals surface area contributed by atoms with Crippen LogP contribution in [0.1, 0.15) is 25.7 Å². The van der Waals surface area contributed by atoms with Crippen molar-refractivity contribution >= 4 is 5.91 Å². The van der Waals surface area contributed by atoms with E-state index in [1.54, 1.807) is 0 Å². The van der Waals surface area contributed by atoms with Crippen molar-refractivity contribution in [2.75, 3.05) is 0 Å².